The Morgan fingerprint density at radius 1 is 1.30 bits per heavy atom. The van der Waals surface area contributed by atoms with Gasteiger partial charge >= 0.3 is 6.01 Å². The monoisotopic (exact) mass is 313 g/mol. The van der Waals surface area contributed by atoms with E-state index in [4.69, 9.17) is 4.74 Å². The third kappa shape index (κ3) is 3.68. The molecule has 0 radical (unpaired) electrons. The molecule has 1 unspecified atom stereocenters. The molecule has 0 spiro atoms. The lowest BCUT2D eigenvalue weighted by molar-refractivity contribution is 0.275. The van der Waals surface area contributed by atoms with Gasteiger partial charge in [0, 0.05) is 11.9 Å². The number of nitrogens with zero attached hydrogens (tertiary/aromatic N) is 5. The number of alkyl halides is 1. The number of rotatable bonds is 5. The lowest BCUT2D eigenvalue weighted by atomic mass is 10.1. The molecule has 0 aliphatic carbocycles. The molecule has 0 saturated carbocycles. The SMILES string of the molecule is Cc1ccnc(OCc2cn(-c3cccc(C(C)F)c3)nn2)n1. The molecular weight excluding hydrogens is 297 g/mol. The lowest BCUT2D eigenvalue weighted by Crippen LogP contribution is -2.00. The number of aryl methyl sites for hydroxylation is 1. The first-order chi connectivity index (χ1) is 11.1. The highest BCUT2D eigenvalue weighted by Gasteiger charge is 2.08. The fourth-order valence-corrected chi connectivity index (χ4v) is 2.04. The fourth-order valence-electron chi connectivity index (χ4n) is 2.04. The topological polar surface area (TPSA) is 65.7 Å². The zero-order valence-corrected chi connectivity index (χ0v) is 12.8. The van der Waals surface area contributed by atoms with Crippen LogP contribution in [0.15, 0.2) is 42.7 Å². The smallest absolute Gasteiger partial charge is 0.316 e. The Morgan fingerprint density at radius 2 is 2.17 bits per heavy atom. The van der Waals surface area contributed by atoms with Crippen LogP contribution in [0.3, 0.4) is 0 Å². The molecule has 0 aliphatic heterocycles. The van der Waals surface area contributed by atoms with Crippen molar-refractivity contribution in [3.63, 3.8) is 0 Å². The van der Waals surface area contributed by atoms with Gasteiger partial charge < -0.3 is 4.74 Å². The summed E-state index contributed by atoms with van der Waals surface area (Å²) in [5.74, 6) is 0. The average molecular weight is 313 g/mol. The number of aromatic nitrogens is 5. The van der Waals surface area contributed by atoms with Crippen LogP contribution in [0.1, 0.15) is 30.0 Å². The van der Waals surface area contributed by atoms with E-state index in [0.29, 0.717) is 17.3 Å². The second-order valence-corrected chi connectivity index (χ2v) is 5.13. The van der Waals surface area contributed by atoms with Crippen molar-refractivity contribution in [2.24, 2.45) is 0 Å². The van der Waals surface area contributed by atoms with Crippen molar-refractivity contribution in [2.45, 2.75) is 26.6 Å². The van der Waals surface area contributed by atoms with Crippen LogP contribution in [0.25, 0.3) is 5.69 Å². The Balaban J connectivity index is 1.72. The van der Waals surface area contributed by atoms with E-state index in [9.17, 15) is 4.39 Å². The van der Waals surface area contributed by atoms with E-state index in [2.05, 4.69) is 20.3 Å². The molecule has 118 valence electrons. The summed E-state index contributed by atoms with van der Waals surface area (Å²) in [5, 5.41) is 8.08. The summed E-state index contributed by atoms with van der Waals surface area (Å²) in [6.45, 7) is 3.58. The normalized spacial score (nSPS) is 12.1. The molecule has 0 bridgehead atoms. The van der Waals surface area contributed by atoms with E-state index in [1.165, 1.54) is 6.92 Å². The molecule has 1 atom stereocenters. The van der Waals surface area contributed by atoms with Gasteiger partial charge in [0.15, 0.2) is 0 Å². The third-order valence-corrected chi connectivity index (χ3v) is 3.26. The molecule has 2 aromatic heterocycles. The zero-order valence-electron chi connectivity index (χ0n) is 12.8. The maximum absolute atomic E-state index is 13.4. The van der Waals surface area contributed by atoms with E-state index in [-0.39, 0.29) is 6.61 Å². The molecule has 3 aromatic rings. The molecule has 3 rings (SSSR count). The number of hydrogen-bond acceptors (Lipinski definition) is 5. The molecule has 2 heterocycles. The van der Waals surface area contributed by atoms with Gasteiger partial charge in [0.25, 0.3) is 0 Å². The van der Waals surface area contributed by atoms with E-state index in [1.54, 1.807) is 41.3 Å². The van der Waals surface area contributed by atoms with Gasteiger partial charge in [-0.1, -0.05) is 17.3 Å². The summed E-state index contributed by atoms with van der Waals surface area (Å²) >= 11 is 0. The third-order valence-electron chi connectivity index (χ3n) is 3.26. The summed E-state index contributed by atoms with van der Waals surface area (Å²) in [5.41, 5.74) is 2.81. The second kappa shape index (κ2) is 6.51. The molecule has 6 nitrogen and oxygen atoms in total. The highest BCUT2D eigenvalue weighted by Crippen LogP contribution is 2.19. The van der Waals surface area contributed by atoms with Gasteiger partial charge in [-0.2, -0.15) is 0 Å². The predicted molar refractivity (Wildman–Crippen MR) is 82.0 cm³/mol. The Kier molecular flexibility index (Phi) is 4.27. The van der Waals surface area contributed by atoms with Gasteiger partial charge in [-0.15, -0.1) is 5.10 Å². The summed E-state index contributed by atoms with van der Waals surface area (Å²) in [6, 6.07) is 9.21. The molecule has 1 aromatic carbocycles. The Hall–Kier alpha value is -2.83. The van der Waals surface area contributed by atoms with Crippen molar-refractivity contribution in [1.82, 2.24) is 25.0 Å². The standard InChI is InChI=1S/C16H16FN5O/c1-11-6-7-18-16(19-11)23-10-14-9-22(21-20-14)15-5-3-4-13(8-15)12(2)17/h3-9,12H,10H2,1-2H3. The van der Waals surface area contributed by atoms with Crippen molar-refractivity contribution in [3.8, 4) is 11.7 Å². The minimum absolute atomic E-state index is 0.211. The molecule has 0 saturated heterocycles. The van der Waals surface area contributed by atoms with Crippen LogP contribution in [0, 0.1) is 6.92 Å². The molecule has 0 fully saturated rings. The first-order valence-corrected chi connectivity index (χ1v) is 7.20. The first-order valence-electron chi connectivity index (χ1n) is 7.20. The quantitative estimate of drug-likeness (QED) is 0.724. The summed E-state index contributed by atoms with van der Waals surface area (Å²) in [4.78, 5) is 8.17. The molecule has 7 heteroatoms. The van der Waals surface area contributed by atoms with E-state index >= 15 is 0 Å². The van der Waals surface area contributed by atoms with Crippen molar-refractivity contribution < 1.29 is 9.13 Å². The number of hydrogen-bond donors (Lipinski definition) is 0. The fraction of sp³-hybridized carbons (Fsp3) is 0.250. The van der Waals surface area contributed by atoms with Crippen LogP contribution >= 0.6 is 0 Å². The van der Waals surface area contributed by atoms with Crippen molar-refractivity contribution in [2.75, 3.05) is 0 Å². The van der Waals surface area contributed by atoms with E-state index < -0.39 is 6.17 Å². The lowest BCUT2D eigenvalue weighted by Gasteiger charge is -2.05. The predicted octanol–water partition coefficient (Wildman–Crippen LogP) is 2.98. The largest absolute Gasteiger partial charge is 0.457 e. The van der Waals surface area contributed by atoms with E-state index in [1.807, 2.05) is 13.0 Å². The van der Waals surface area contributed by atoms with Crippen molar-refractivity contribution in [3.05, 3.63) is 59.7 Å². The molecular formula is C16H16FN5O. The highest BCUT2D eigenvalue weighted by molar-refractivity contribution is 5.35. The van der Waals surface area contributed by atoms with Crippen LogP contribution in [0.2, 0.25) is 0 Å². The second-order valence-electron chi connectivity index (χ2n) is 5.13. The van der Waals surface area contributed by atoms with Crippen LogP contribution in [0.5, 0.6) is 6.01 Å². The number of halogens is 1. The Bertz CT molecular complexity index is 802. The summed E-state index contributed by atoms with van der Waals surface area (Å²) < 4.78 is 20.5. The van der Waals surface area contributed by atoms with Gasteiger partial charge in [-0.05, 0) is 37.6 Å². The minimum Gasteiger partial charge on any atom is -0.457 e. The Morgan fingerprint density at radius 3 is 2.96 bits per heavy atom. The average Bonchev–Trinajstić information content (AvgIpc) is 3.02. The molecule has 0 amide bonds. The first kappa shape index (κ1) is 15.1. The van der Waals surface area contributed by atoms with E-state index in [0.717, 1.165) is 11.4 Å². The van der Waals surface area contributed by atoms with Crippen LogP contribution in [-0.2, 0) is 6.61 Å². The number of benzene rings is 1. The maximum Gasteiger partial charge on any atom is 0.316 e. The highest BCUT2D eigenvalue weighted by atomic mass is 19.1. The van der Waals surface area contributed by atoms with Gasteiger partial charge in [-0.25, -0.2) is 19.0 Å². The summed E-state index contributed by atoms with van der Waals surface area (Å²) in [6.07, 6.45) is 2.34. The molecule has 0 aliphatic rings. The van der Waals surface area contributed by atoms with Crippen LogP contribution in [0.4, 0.5) is 4.39 Å². The minimum atomic E-state index is -1.03. The maximum atomic E-state index is 13.4. The molecule has 23 heavy (non-hydrogen) atoms. The van der Waals surface area contributed by atoms with Gasteiger partial charge in [-0.3, -0.25) is 0 Å². The van der Waals surface area contributed by atoms with Crippen molar-refractivity contribution in [1.29, 1.82) is 0 Å². The molecule has 0 N–H and O–H groups in total. The number of ether oxygens (including phenoxy) is 1. The van der Waals surface area contributed by atoms with Gasteiger partial charge in [0.05, 0.1) is 11.9 Å². The zero-order chi connectivity index (χ0) is 16.2. The van der Waals surface area contributed by atoms with Crippen molar-refractivity contribution >= 4 is 0 Å². The van der Waals surface area contributed by atoms with Gasteiger partial charge in [0.2, 0.25) is 0 Å². The van der Waals surface area contributed by atoms with Gasteiger partial charge in [0.1, 0.15) is 18.5 Å². The van der Waals surface area contributed by atoms with Crippen LogP contribution < -0.4 is 4.74 Å². The Labute approximate surface area is 133 Å². The summed E-state index contributed by atoms with van der Waals surface area (Å²) in [7, 11) is 0. The van der Waals surface area contributed by atoms with Crippen LogP contribution in [-0.4, -0.2) is 25.0 Å².